The largest absolute Gasteiger partial charge is 0.486 e. The lowest BCUT2D eigenvalue weighted by Gasteiger charge is -2.44. The van der Waals surface area contributed by atoms with Crippen molar-refractivity contribution >= 4 is 11.3 Å². The third-order valence-corrected chi connectivity index (χ3v) is 7.35. The van der Waals surface area contributed by atoms with Gasteiger partial charge in [0.15, 0.2) is 11.5 Å². The molecule has 2 aromatic rings. The molecule has 0 spiro atoms. The van der Waals surface area contributed by atoms with E-state index in [4.69, 9.17) is 9.47 Å². The molecule has 3 nitrogen and oxygen atoms in total. The van der Waals surface area contributed by atoms with Gasteiger partial charge in [-0.1, -0.05) is 12.1 Å². The molecular formula is C21H25NO2S. The molecule has 25 heavy (non-hydrogen) atoms. The monoisotopic (exact) mass is 355 g/mol. The van der Waals surface area contributed by atoms with E-state index >= 15 is 0 Å². The minimum Gasteiger partial charge on any atom is -0.486 e. The van der Waals surface area contributed by atoms with Crippen molar-refractivity contribution in [3.63, 3.8) is 0 Å². The number of hydrogen-bond donors (Lipinski definition) is 0. The highest BCUT2D eigenvalue weighted by Crippen LogP contribution is 2.49. The Kier molecular flexibility index (Phi) is 3.79. The minimum atomic E-state index is 0.120. The number of rotatable bonds is 2. The van der Waals surface area contributed by atoms with Gasteiger partial charge < -0.3 is 9.47 Å². The van der Waals surface area contributed by atoms with Crippen LogP contribution in [0.4, 0.5) is 0 Å². The second-order valence-corrected chi connectivity index (χ2v) is 8.67. The number of hydrogen-bond acceptors (Lipinski definition) is 4. The summed E-state index contributed by atoms with van der Waals surface area (Å²) in [5.41, 5.74) is 2.98. The van der Waals surface area contributed by atoms with E-state index < -0.39 is 0 Å². The molecule has 2 unspecified atom stereocenters. The van der Waals surface area contributed by atoms with Crippen molar-refractivity contribution < 1.29 is 9.47 Å². The van der Waals surface area contributed by atoms with Crippen LogP contribution in [0.5, 0.6) is 11.5 Å². The van der Waals surface area contributed by atoms with Crippen LogP contribution < -0.4 is 9.47 Å². The van der Waals surface area contributed by atoms with E-state index in [9.17, 15) is 0 Å². The van der Waals surface area contributed by atoms with Gasteiger partial charge in [0, 0.05) is 28.4 Å². The molecule has 4 heteroatoms. The standard InChI is InChI=1S/C21H25NO2S/c1-21(22-10-8-15(14-22)19-5-3-13-25-19)9-2-4-16-17(21)6-7-18-20(16)24-12-11-23-18/h3,5-7,13,15H,2,4,8-12,14H2,1H3. The van der Waals surface area contributed by atoms with Gasteiger partial charge in [0.2, 0.25) is 0 Å². The molecule has 0 N–H and O–H groups in total. The average molecular weight is 356 g/mol. The normalized spacial score (nSPS) is 28.8. The van der Waals surface area contributed by atoms with Crippen LogP contribution in [0.1, 0.15) is 48.1 Å². The van der Waals surface area contributed by atoms with Crippen LogP contribution in [0.2, 0.25) is 0 Å². The molecule has 1 aliphatic carbocycles. The summed E-state index contributed by atoms with van der Waals surface area (Å²) in [6, 6.07) is 8.92. The van der Waals surface area contributed by atoms with Crippen molar-refractivity contribution in [1.82, 2.24) is 4.90 Å². The van der Waals surface area contributed by atoms with Gasteiger partial charge in [0.25, 0.3) is 0 Å². The number of ether oxygens (including phenoxy) is 2. The Balaban J connectivity index is 1.49. The summed E-state index contributed by atoms with van der Waals surface area (Å²) < 4.78 is 11.8. The van der Waals surface area contributed by atoms with E-state index in [0.717, 1.165) is 17.9 Å². The quantitative estimate of drug-likeness (QED) is 0.788. The first-order valence-electron chi connectivity index (χ1n) is 9.46. The smallest absolute Gasteiger partial charge is 0.164 e. The minimum absolute atomic E-state index is 0.120. The maximum atomic E-state index is 6.02. The summed E-state index contributed by atoms with van der Waals surface area (Å²) in [6.45, 7) is 6.14. The van der Waals surface area contributed by atoms with Gasteiger partial charge in [-0.3, -0.25) is 4.90 Å². The lowest BCUT2D eigenvalue weighted by molar-refractivity contribution is 0.108. The summed E-state index contributed by atoms with van der Waals surface area (Å²) in [7, 11) is 0. The maximum Gasteiger partial charge on any atom is 0.164 e. The Bertz CT molecular complexity index is 772. The van der Waals surface area contributed by atoms with E-state index in [0.29, 0.717) is 19.1 Å². The number of nitrogens with zero attached hydrogens (tertiary/aromatic N) is 1. The van der Waals surface area contributed by atoms with E-state index in [1.165, 1.54) is 43.5 Å². The van der Waals surface area contributed by atoms with Gasteiger partial charge in [-0.25, -0.2) is 0 Å². The molecule has 1 fully saturated rings. The molecule has 0 bridgehead atoms. The van der Waals surface area contributed by atoms with Crippen molar-refractivity contribution in [3.8, 4) is 11.5 Å². The molecule has 1 saturated heterocycles. The van der Waals surface area contributed by atoms with Crippen molar-refractivity contribution in [3.05, 3.63) is 45.6 Å². The number of thiophene rings is 1. The summed E-state index contributed by atoms with van der Waals surface area (Å²) >= 11 is 1.91. The SMILES string of the molecule is CC1(N2CCC(c3cccs3)C2)CCCc2c1ccc1c2OCCO1. The van der Waals surface area contributed by atoms with Crippen LogP contribution in [-0.2, 0) is 12.0 Å². The molecule has 2 aliphatic heterocycles. The van der Waals surface area contributed by atoms with E-state index in [-0.39, 0.29) is 5.54 Å². The van der Waals surface area contributed by atoms with Gasteiger partial charge in [-0.15, -0.1) is 11.3 Å². The Morgan fingerprint density at radius 1 is 1.20 bits per heavy atom. The predicted molar refractivity (Wildman–Crippen MR) is 101 cm³/mol. The van der Waals surface area contributed by atoms with E-state index in [2.05, 4.69) is 41.5 Å². The van der Waals surface area contributed by atoms with Gasteiger partial charge in [-0.05, 0) is 62.2 Å². The molecular weight excluding hydrogens is 330 g/mol. The van der Waals surface area contributed by atoms with Crippen LogP contribution in [0.3, 0.4) is 0 Å². The second-order valence-electron chi connectivity index (χ2n) is 7.69. The fourth-order valence-corrected chi connectivity index (χ4v) is 5.82. The predicted octanol–water partition coefficient (Wildman–Crippen LogP) is 4.56. The van der Waals surface area contributed by atoms with Gasteiger partial charge in [-0.2, -0.15) is 0 Å². The number of likely N-dealkylation sites (tertiary alicyclic amines) is 1. The zero-order valence-corrected chi connectivity index (χ0v) is 15.6. The number of fused-ring (bicyclic) bond motifs is 3. The number of benzene rings is 1. The summed E-state index contributed by atoms with van der Waals surface area (Å²) in [5, 5.41) is 2.21. The van der Waals surface area contributed by atoms with Crippen molar-refractivity contribution in [2.45, 2.75) is 44.1 Å². The van der Waals surface area contributed by atoms with Crippen LogP contribution in [0.15, 0.2) is 29.6 Å². The van der Waals surface area contributed by atoms with Crippen LogP contribution in [0.25, 0.3) is 0 Å². The third-order valence-electron chi connectivity index (χ3n) is 6.31. The van der Waals surface area contributed by atoms with Gasteiger partial charge in [0.05, 0.1) is 0 Å². The highest BCUT2D eigenvalue weighted by molar-refractivity contribution is 7.10. The first-order chi connectivity index (χ1) is 12.3. The maximum absolute atomic E-state index is 6.02. The van der Waals surface area contributed by atoms with Crippen LogP contribution >= 0.6 is 11.3 Å². The van der Waals surface area contributed by atoms with Crippen molar-refractivity contribution in [2.24, 2.45) is 0 Å². The van der Waals surface area contributed by atoms with Gasteiger partial charge in [0.1, 0.15) is 13.2 Å². The Morgan fingerprint density at radius 2 is 2.12 bits per heavy atom. The molecule has 2 atom stereocenters. The fraction of sp³-hybridized carbons (Fsp3) is 0.524. The molecule has 1 aromatic carbocycles. The molecule has 5 rings (SSSR count). The fourth-order valence-electron chi connectivity index (χ4n) is 4.96. The lowest BCUT2D eigenvalue weighted by Crippen LogP contribution is -2.45. The second kappa shape index (κ2) is 6.03. The zero-order chi connectivity index (χ0) is 16.9. The Labute approximate surface area is 153 Å². The summed E-state index contributed by atoms with van der Waals surface area (Å²) in [5.74, 6) is 2.65. The molecule has 0 amide bonds. The Morgan fingerprint density at radius 3 is 3.00 bits per heavy atom. The third kappa shape index (κ3) is 2.49. The zero-order valence-electron chi connectivity index (χ0n) is 14.8. The highest BCUT2D eigenvalue weighted by atomic mass is 32.1. The van der Waals surface area contributed by atoms with E-state index in [1.807, 2.05) is 11.3 Å². The lowest BCUT2D eigenvalue weighted by atomic mass is 9.76. The highest BCUT2D eigenvalue weighted by Gasteiger charge is 2.42. The summed E-state index contributed by atoms with van der Waals surface area (Å²) in [6.07, 6.45) is 4.84. The topological polar surface area (TPSA) is 21.7 Å². The van der Waals surface area contributed by atoms with Crippen molar-refractivity contribution in [1.29, 1.82) is 0 Å². The molecule has 132 valence electrons. The van der Waals surface area contributed by atoms with Gasteiger partial charge >= 0.3 is 0 Å². The molecule has 1 aromatic heterocycles. The molecule has 0 saturated carbocycles. The first-order valence-corrected chi connectivity index (χ1v) is 10.3. The Hall–Kier alpha value is -1.52. The van der Waals surface area contributed by atoms with Crippen LogP contribution in [0, 0.1) is 0 Å². The first kappa shape index (κ1) is 15.7. The molecule has 3 heterocycles. The summed E-state index contributed by atoms with van der Waals surface area (Å²) in [4.78, 5) is 4.27. The van der Waals surface area contributed by atoms with Crippen LogP contribution in [-0.4, -0.2) is 31.2 Å². The molecule has 3 aliphatic rings. The van der Waals surface area contributed by atoms with Crippen molar-refractivity contribution in [2.75, 3.05) is 26.3 Å². The average Bonchev–Trinajstić information content (AvgIpc) is 3.33. The molecule has 0 radical (unpaired) electrons. The van der Waals surface area contributed by atoms with E-state index in [1.54, 1.807) is 4.88 Å².